The van der Waals surface area contributed by atoms with Crippen LogP contribution in [0.5, 0.6) is 0 Å². The van der Waals surface area contributed by atoms with Crippen LogP contribution in [0.3, 0.4) is 0 Å². The molecule has 4 rings (SSSR count). The van der Waals surface area contributed by atoms with Gasteiger partial charge >= 0.3 is 0 Å². The molecule has 0 atom stereocenters. The highest BCUT2D eigenvalue weighted by atomic mass is 35.5. The summed E-state index contributed by atoms with van der Waals surface area (Å²) in [6, 6.07) is 28.0. The molecule has 7 heteroatoms. The van der Waals surface area contributed by atoms with E-state index in [0.717, 1.165) is 0 Å². The summed E-state index contributed by atoms with van der Waals surface area (Å²) in [7, 11) is 0. The quantitative estimate of drug-likeness (QED) is 0.353. The fraction of sp³-hybridized carbons (Fsp3) is 0.185. The lowest BCUT2D eigenvalue weighted by Gasteiger charge is -2.39. The molecule has 1 heterocycles. The first-order valence-electron chi connectivity index (χ1n) is 11.0. The second kappa shape index (κ2) is 11.2. The van der Waals surface area contributed by atoms with Crippen LogP contribution in [-0.2, 0) is 4.79 Å². The van der Waals surface area contributed by atoms with Crippen molar-refractivity contribution in [2.75, 3.05) is 31.5 Å². The Morgan fingerprint density at radius 2 is 1.47 bits per heavy atom. The first-order chi connectivity index (χ1) is 16.6. The Bertz CT molecular complexity index is 1160. The average Bonchev–Trinajstić information content (AvgIpc) is 2.88. The maximum Gasteiger partial charge on any atom is 0.266 e. The van der Waals surface area contributed by atoms with Crippen molar-refractivity contribution in [3.05, 3.63) is 112 Å². The van der Waals surface area contributed by atoms with Gasteiger partial charge in [0.2, 0.25) is 0 Å². The third kappa shape index (κ3) is 5.43. The van der Waals surface area contributed by atoms with Crippen molar-refractivity contribution in [2.24, 2.45) is 0 Å². The van der Waals surface area contributed by atoms with E-state index in [4.69, 9.17) is 23.2 Å². The van der Waals surface area contributed by atoms with E-state index in [0.29, 0.717) is 41.9 Å². The van der Waals surface area contributed by atoms with Gasteiger partial charge in [-0.15, -0.1) is 0 Å². The molecule has 0 aliphatic carbocycles. The number of halogens is 2. The highest BCUT2D eigenvalue weighted by molar-refractivity contribution is 6.43. The van der Waals surface area contributed by atoms with Crippen LogP contribution < -0.4 is 5.32 Å². The first-order valence-corrected chi connectivity index (χ1v) is 11.8. The first kappa shape index (κ1) is 23.8. The molecule has 1 fully saturated rings. The van der Waals surface area contributed by atoms with E-state index in [1.165, 1.54) is 17.3 Å². The molecule has 1 aliphatic heterocycles. The second-order valence-corrected chi connectivity index (χ2v) is 8.75. The van der Waals surface area contributed by atoms with Crippen LogP contribution in [0.25, 0.3) is 0 Å². The summed E-state index contributed by atoms with van der Waals surface area (Å²) >= 11 is 12.2. The largest absolute Gasteiger partial charge is 0.359 e. The Balaban J connectivity index is 1.46. The summed E-state index contributed by atoms with van der Waals surface area (Å²) in [5.74, 6) is -0.302. The van der Waals surface area contributed by atoms with Crippen LogP contribution >= 0.6 is 23.2 Å². The van der Waals surface area contributed by atoms with Crippen LogP contribution in [-0.4, -0.2) is 41.9 Å². The van der Waals surface area contributed by atoms with Crippen LogP contribution in [0.4, 0.5) is 5.69 Å². The number of piperazine rings is 1. The van der Waals surface area contributed by atoms with Crippen molar-refractivity contribution in [1.82, 2.24) is 9.80 Å². The monoisotopic (exact) mass is 490 g/mol. The number of amides is 1. The van der Waals surface area contributed by atoms with E-state index in [-0.39, 0.29) is 17.5 Å². The van der Waals surface area contributed by atoms with Crippen LogP contribution in [0.15, 0.2) is 90.6 Å². The third-order valence-corrected chi connectivity index (χ3v) is 6.69. The second-order valence-electron chi connectivity index (χ2n) is 7.97. The van der Waals surface area contributed by atoms with E-state index in [1.807, 2.05) is 42.5 Å². The fourth-order valence-electron chi connectivity index (χ4n) is 4.15. The van der Waals surface area contributed by atoms with Crippen molar-refractivity contribution in [3.8, 4) is 6.07 Å². The topological polar surface area (TPSA) is 59.4 Å². The van der Waals surface area contributed by atoms with Crippen LogP contribution in [0.2, 0.25) is 10.0 Å². The maximum absolute atomic E-state index is 13.0. The predicted molar refractivity (Wildman–Crippen MR) is 137 cm³/mol. The molecule has 34 heavy (non-hydrogen) atoms. The number of nitrogens with zero attached hydrogens (tertiary/aromatic N) is 3. The summed E-state index contributed by atoms with van der Waals surface area (Å²) in [4.78, 5) is 17.1. The van der Waals surface area contributed by atoms with E-state index in [1.54, 1.807) is 23.1 Å². The molecule has 0 aromatic heterocycles. The van der Waals surface area contributed by atoms with Crippen molar-refractivity contribution in [2.45, 2.75) is 6.04 Å². The molecule has 0 unspecified atom stereocenters. The van der Waals surface area contributed by atoms with Gasteiger partial charge in [0.05, 0.1) is 21.8 Å². The highest BCUT2D eigenvalue weighted by Gasteiger charge is 2.29. The zero-order valence-corrected chi connectivity index (χ0v) is 20.0. The van der Waals surface area contributed by atoms with Gasteiger partial charge in [0.15, 0.2) is 0 Å². The van der Waals surface area contributed by atoms with E-state index in [2.05, 4.69) is 34.5 Å². The molecular weight excluding hydrogens is 467 g/mol. The van der Waals surface area contributed by atoms with Crippen LogP contribution in [0, 0.1) is 11.3 Å². The van der Waals surface area contributed by atoms with Crippen LogP contribution in [0.1, 0.15) is 17.2 Å². The fourth-order valence-corrected chi connectivity index (χ4v) is 4.50. The zero-order valence-electron chi connectivity index (χ0n) is 18.5. The Hall–Kier alpha value is -3.30. The Morgan fingerprint density at radius 3 is 2.03 bits per heavy atom. The number of hydrogen-bond acceptors (Lipinski definition) is 4. The normalized spacial score (nSPS) is 14.6. The van der Waals surface area contributed by atoms with Gasteiger partial charge < -0.3 is 10.2 Å². The SMILES string of the molecule is N#C/C(=C/Nc1cccc(Cl)c1Cl)C(=O)N1CCN(C(c2ccccc2)c2ccccc2)CC1. The lowest BCUT2D eigenvalue weighted by Crippen LogP contribution is -2.50. The van der Waals surface area contributed by atoms with Gasteiger partial charge in [-0.25, -0.2) is 0 Å². The van der Waals surface area contributed by atoms with Crippen molar-refractivity contribution in [1.29, 1.82) is 5.26 Å². The number of anilines is 1. The lowest BCUT2D eigenvalue weighted by molar-refractivity contribution is -0.128. The molecule has 172 valence electrons. The number of rotatable bonds is 6. The minimum absolute atomic E-state index is 0.0205. The van der Waals surface area contributed by atoms with Gasteiger partial charge in [-0.3, -0.25) is 9.69 Å². The lowest BCUT2D eigenvalue weighted by atomic mass is 9.96. The summed E-state index contributed by atoms with van der Waals surface area (Å²) < 4.78 is 0. The number of hydrogen-bond donors (Lipinski definition) is 1. The molecular formula is C27H24Cl2N4O. The van der Waals surface area contributed by atoms with Crippen molar-refractivity contribution >= 4 is 34.8 Å². The minimum atomic E-state index is -0.302. The summed E-state index contributed by atoms with van der Waals surface area (Å²) in [5.41, 5.74) is 2.99. The number of nitriles is 1. The third-order valence-electron chi connectivity index (χ3n) is 5.87. The molecule has 1 saturated heterocycles. The Labute approximate surface area is 209 Å². The molecule has 0 radical (unpaired) electrons. The van der Waals surface area contributed by atoms with E-state index in [9.17, 15) is 10.1 Å². The molecule has 1 aliphatic rings. The van der Waals surface area contributed by atoms with Gasteiger partial charge in [0.25, 0.3) is 5.91 Å². The molecule has 1 N–H and O–H groups in total. The van der Waals surface area contributed by atoms with Crippen molar-refractivity contribution < 1.29 is 4.79 Å². The number of carbonyl (C=O) groups excluding carboxylic acids is 1. The Kier molecular flexibility index (Phi) is 7.87. The smallest absolute Gasteiger partial charge is 0.266 e. The number of nitrogens with one attached hydrogen (secondary N) is 1. The molecule has 3 aromatic carbocycles. The van der Waals surface area contributed by atoms with Gasteiger partial charge in [-0.05, 0) is 23.3 Å². The Morgan fingerprint density at radius 1 is 0.882 bits per heavy atom. The summed E-state index contributed by atoms with van der Waals surface area (Å²) in [6.07, 6.45) is 1.39. The molecule has 3 aromatic rings. The predicted octanol–water partition coefficient (Wildman–Crippen LogP) is 5.75. The average molecular weight is 491 g/mol. The molecule has 1 amide bonds. The molecule has 0 spiro atoms. The minimum Gasteiger partial charge on any atom is -0.359 e. The zero-order chi connectivity index (χ0) is 23.9. The number of carbonyl (C=O) groups is 1. The standard InChI is InChI=1S/C27H24Cl2N4O/c28-23-12-7-13-24(25(23)29)31-19-22(18-30)27(34)33-16-14-32(15-17-33)26(20-8-3-1-4-9-20)21-10-5-2-6-11-21/h1-13,19,26,31H,14-17H2/b22-19-. The summed E-state index contributed by atoms with van der Waals surface area (Å²) in [5, 5.41) is 13.3. The van der Waals surface area contributed by atoms with E-state index < -0.39 is 0 Å². The van der Waals surface area contributed by atoms with Gasteiger partial charge in [0, 0.05) is 32.4 Å². The van der Waals surface area contributed by atoms with Crippen molar-refractivity contribution in [3.63, 3.8) is 0 Å². The van der Waals surface area contributed by atoms with E-state index >= 15 is 0 Å². The van der Waals surface area contributed by atoms with Gasteiger partial charge in [-0.2, -0.15) is 5.26 Å². The number of benzene rings is 3. The highest BCUT2D eigenvalue weighted by Crippen LogP contribution is 2.31. The molecule has 5 nitrogen and oxygen atoms in total. The van der Waals surface area contributed by atoms with Gasteiger partial charge in [0.1, 0.15) is 11.6 Å². The summed E-state index contributed by atoms with van der Waals surface area (Å²) in [6.45, 7) is 2.47. The van der Waals surface area contributed by atoms with Gasteiger partial charge in [-0.1, -0.05) is 89.9 Å². The molecule has 0 saturated carbocycles. The molecule has 0 bridgehead atoms. The maximum atomic E-state index is 13.0.